The van der Waals surface area contributed by atoms with Crippen LogP contribution in [0.1, 0.15) is 6.92 Å². The first-order chi connectivity index (χ1) is 12.3. The first-order valence-electron chi connectivity index (χ1n) is 7.49. The lowest BCUT2D eigenvalue weighted by Crippen LogP contribution is -2.65. The van der Waals surface area contributed by atoms with E-state index in [-0.39, 0.29) is 18.2 Å². The van der Waals surface area contributed by atoms with E-state index in [2.05, 4.69) is 15.5 Å². The molecule has 1 aromatic heterocycles. The van der Waals surface area contributed by atoms with Gasteiger partial charge in [0.25, 0.3) is 0 Å². The highest BCUT2D eigenvalue weighted by Crippen LogP contribution is 2.54. The number of carboxylic acid groups (broad SMARTS) is 1. The molecule has 1 aromatic rings. The first-order valence-corrected chi connectivity index (χ1v) is 9.35. The molecule has 0 spiro atoms. The Morgan fingerprint density at radius 1 is 1.50 bits per heavy atom. The van der Waals surface area contributed by atoms with E-state index in [1.165, 1.54) is 33.1 Å². The molecule has 2 saturated heterocycles. The number of cyclic esters (lactones) is 2. The van der Waals surface area contributed by atoms with Gasteiger partial charge in [-0.15, -0.1) is 16.9 Å². The minimum atomic E-state index is -1.18. The van der Waals surface area contributed by atoms with Gasteiger partial charge in [-0.2, -0.15) is 0 Å². The number of carboxylic acids is 1. The Kier molecular flexibility index (Phi) is 3.87. The predicted molar refractivity (Wildman–Crippen MR) is 86.7 cm³/mol. The van der Waals surface area contributed by atoms with Crippen LogP contribution in [0.3, 0.4) is 0 Å². The number of fused-ring (bicyclic) bond motifs is 1. The summed E-state index contributed by atoms with van der Waals surface area (Å²) in [4.78, 5) is 37.4. The summed E-state index contributed by atoms with van der Waals surface area (Å²) in [6.07, 6.45) is -0.821. The van der Waals surface area contributed by atoms with Crippen molar-refractivity contribution in [2.75, 3.05) is 12.4 Å². The van der Waals surface area contributed by atoms with Gasteiger partial charge in [0.2, 0.25) is 11.1 Å². The number of hydrogen-bond donors (Lipinski definition) is 1. The Labute approximate surface area is 155 Å². The number of β-lactam (4-membered cyclic amide) rings is 1. The van der Waals surface area contributed by atoms with Crippen LogP contribution in [0.2, 0.25) is 0 Å². The maximum Gasteiger partial charge on any atom is 0.509 e. The lowest BCUT2D eigenvalue weighted by atomic mass is 9.81. The Bertz CT molecular complexity index is 856. The first kappa shape index (κ1) is 17.1. The van der Waals surface area contributed by atoms with Gasteiger partial charge in [-0.3, -0.25) is 9.69 Å². The molecule has 2 fully saturated rings. The van der Waals surface area contributed by atoms with Crippen LogP contribution in [-0.4, -0.2) is 71.6 Å². The van der Waals surface area contributed by atoms with Crippen LogP contribution in [0.25, 0.3) is 0 Å². The zero-order valence-corrected chi connectivity index (χ0v) is 15.2. The number of aliphatic carboxylic acids is 1. The lowest BCUT2D eigenvalue weighted by molar-refractivity contribution is -0.162. The van der Waals surface area contributed by atoms with Gasteiger partial charge in [-0.05, 0) is 17.4 Å². The van der Waals surface area contributed by atoms with Crippen molar-refractivity contribution in [3.05, 3.63) is 10.6 Å². The highest BCUT2D eigenvalue weighted by atomic mass is 32.2. The summed E-state index contributed by atoms with van der Waals surface area (Å²) >= 11 is 2.56. The van der Waals surface area contributed by atoms with E-state index in [0.717, 1.165) is 0 Å². The minimum Gasteiger partial charge on any atom is -0.477 e. The van der Waals surface area contributed by atoms with Gasteiger partial charge in [0.05, 0.1) is 0 Å². The molecule has 0 aromatic carbocycles. The predicted octanol–water partition coefficient (Wildman–Crippen LogP) is 0.0552. The number of carbonyl (C=O) groups excluding carboxylic acids is 2. The zero-order chi connectivity index (χ0) is 18.6. The Morgan fingerprint density at radius 2 is 2.27 bits per heavy atom. The minimum absolute atomic E-state index is 0.0375. The molecule has 138 valence electrons. The monoisotopic (exact) mass is 399 g/mol. The van der Waals surface area contributed by atoms with E-state index in [0.29, 0.717) is 15.8 Å². The molecule has 26 heavy (non-hydrogen) atoms. The summed E-state index contributed by atoms with van der Waals surface area (Å²) in [7, 11) is 1.68. The number of ether oxygens (including phenoxy) is 2. The fourth-order valence-corrected chi connectivity index (χ4v) is 5.73. The number of aryl methyl sites for hydroxylation is 1. The number of thioether (sulfide) groups is 2. The number of nitrogens with zero attached hydrogens (tertiary/aromatic N) is 5. The SMILES string of the molecule is Cn1nnnc1SCC1=C(C(=O)O)N2C(=O)C(C3(C)COC(=O)O3)[C@@H]2S1. The van der Waals surface area contributed by atoms with Gasteiger partial charge in [-0.25, -0.2) is 14.3 Å². The van der Waals surface area contributed by atoms with Crippen molar-refractivity contribution in [1.29, 1.82) is 0 Å². The fourth-order valence-electron chi connectivity index (χ4n) is 3.12. The summed E-state index contributed by atoms with van der Waals surface area (Å²) < 4.78 is 11.5. The van der Waals surface area contributed by atoms with Crippen LogP contribution < -0.4 is 0 Å². The zero-order valence-electron chi connectivity index (χ0n) is 13.6. The summed E-state index contributed by atoms with van der Waals surface area (Å²) in [6, 6.07) is 0. The van der Waals surface area contributed by atoms with Crippen molar-refractivity contribution in [3.63, 3.8) is 0 Å². The average molecular weight is 399 g/mol. The molecule has 4 heterocycles. The summed E-state index contributed by atoms with van der Waals surface area (Å²) in [5.74, 6) is -1.92. The van der Waals surface area contributed by atoms with E-state index >= 15 is 0 Å². The molecule has 3 aliphatic rings. The molecule has 0 bridgehead atoms. The number of hydrogen-bond acceptors (Lipinski definition) is 10. The van der Waals surface area contributed by atoms with Crippen LogP contribution in [0.4, 0.5) is 4.79 Å². The number of rotatable bonds is 5. The van der Waals surface area contributed by atoms with E-state index in [1.54, 1.807) is 14.0 Å². The van der Waals surface area contributed by atoms with Crippen molar-refractivity contribution >= 4 is 41.6 Å². The van der Waals surface area contributed by atoms with Crippen molar-refractivity contribution in [2.24, 2.45) is 13.0 Å². The summed E-state index contributed by atoms with van der Waals surface area (Å²) in [5, 5.41) is 20.7. The molecule has 0 aliphatic carbocycles. The van der Waals surface area contributed by atoms with Crippen molar-refractivity contribution in [2.45, 2.75) is 23.1 Å². The van der Waals surface area contributed by atoms with Crippen LogP contribution >= 0.6 is 23.5 Å². The van der Waals surface area contributed by atoms with Crippen LogP contribution in [0.15, 0.2) is 15.8 Å². The van der Waals surface area contributed by atoms with E-state index in [1.807, 2.05) is 0 Å². The van der Waals surface area contributed by atoms with Crippen LogP contribution in [-0.2, 0) is 26.1 Å². The van der Waals surface area contributed by atoms with Gasteiger partial charge in [0.15, 0.2) is 5.60 Å². The number of tetrazole rings is 1. The van der Waals surface area contributed by atoms with Crippen molar-refractivity contribution in [1.82, 2.24) is 25.1 Å². The molecule has 1 N–H and O–H groups in total. The van der Waals surface area contributed by atoms with Gasteiger partial charge in [0.1, 0.15) is 23.6 Å². The topological polar surface area (TPSA) is 137 Å². The number of amides is 1. The van der Waals surface area contributed by atoms with Gasteiger partial charge in [0, 0.05) is 17.7 Å². The molecule has 11 nitrogen and oxygen atoms in total. The molecular formula is C13H13N5O6S2. The summed E-state index contributed by atoms with van der Waals surface area (Å²) in [5.41, 5.74) is -1.14. The third-order valence-electron chi connectivity index (χ3n) is 4.38. The van der Waals surface area contributed by atoms with E-state index < -0.39 is 29.0 Å². The Morgan fingerprint density at radius 3 is 2.85 bits per heavy atom. The van der Waals surface area contributed by atoms with Crippen molar-refractivity contribution in [3.8, 4) is 0 Å². The average Bonchev–Trinajstić information content (AvgIpc) is 3.22. The number of carbonyl (C=O) groups is 3. The molecule has 3 aliphatic heterocycles. The normalized spacial score (nSPS) is 30.2. The third-order valence-corrected chi connectivity index (χ3v) is 6.94. The van der Waals surface area contributed by atoms with Gasteiger partial charge in [-0.1, -0.05) is 11.8 Å². The Balaban J connectivity index is 1.55. The Hall–Kier alpha value is -2.28. The maximum atomic E-state index is 12.6. The van der Waals surface area contributed by atoms with Crippen molar-refractivity contribution < 1.29 is 29.0 Å². The van der Waals surface area contributed by atoms with E-state index in [4.69, 9.17) is 9.47 Å². The van der Waals surface area contributed by atoms with Gasteiger partial charge >= 0.3 is 12.1 Å². The fraction of sp³-hybridized carbons (Fsp3) is 0.538. The molecule has 0 radical (unpaired) electrons. The standard InChI is InChI=1S/C13H13N5O6S2/c1-13(4-23-12(22)24-13)6-8(19)18-7(10(20)21)5(26-9(6)18)3-25-11-14-15-16-17(11)2/h6,9H,3-4H2,1-2H3,(H,20,21)/t6?,9-,13?/m0/s1. The molecule has 3 atom stereocenters. The number of aromatic nitrogens is 4. The van der Waals surface area contributed by atoms with Gasteiger partial charge < -0.3 is 14.6 Å². The largest absolute Gasteiger partial charge is 0.509 e. The maximum absolute atomic E-state index is 12.6. The van der Waals surface area contributed by atoms with Crippen LogP contribution in [0, 0.1) is 5.92 Å². The lowest BCUT2D eigenvalue weighted by Gasteiger charge is -2.47. The second kappa shape index (κ2) is 5.87. The molecule has 2 unspecified atom stereocenters. The second-order valence-electron chi connectivity index (χ2n) is 6.10. The molecule has 1 amide bonds. The second-order valence-corrected chi connectivity index (χ2v) is 8.25. The molecule has 0 saturated carbocycles. The van der Waals surface area contributed by atoms with Crippen LogP contribution in [0.5, 0.6) is 0 Å². The molecular weight excluding hydrogens is 386 g/mol. The third kappa shape index (κ3) is 2.45. The smallest absolute Gasteiger partial charge is 0.477 e. The quantitative estimate of drug-likeness (QED) is 0.408. The highest BCUT2D eigenvalue weighted by molar-refractivity contribution is 8.06. The highest BCUT2D eigenvalue weighted by Gasteiger charge is 2.65. The van der Waals surface area contributed by atoms with E-state index in [9.17, 15) is 19.5 Å². The molecule has 13 heteroatoms. The molecule has 4 rings (SSSR count). The summed E-state index contributed by atoms with van der Waals surface area (Å²) in [6.45, 7) is 1.58.